The number of hydrogen-bond acceptors (Lipinski definition) is 2. The average molecular weight is 723 g/mol. The van der Waals surface area contributed by atoms with Crippen molar-refractivity contribution < 1.29 is 0 Å². The van der Waals surface area contributed by atoms with Gasteiger partial charge in [0.1, 0.15) is 0 Å². The number of fused-ring (bicyclic) bond motifs is 1. The van der Waals surface area contributed by atoms with Crippen LogP contribution in [0.3, 0.4) is 0 Å². The summed E-state index contributed by atoms with van der Waals surface area (Å²) >= 11 is 3.89. The first kappa shape index (κ1) is 37.1. The van der Waals surface area contributed by atoms with Crippen LogP contribution in [-0.2, 0) is 0 Å². The number of benzene rings is 4. The van der Waals surface area contributed by atoms with Gasteiger partial charge in [-0.15, -0.1) is 20.6 Å². The monoisotopic (exact) mass is 722 g/mol. The molecule has 3 heteroatoms. The molecule has 1 atom stereocenters. The summed E-state index contributed by atoms with van der Waals surface area (Å²) in [6.45, 7) is 20.5. The molecule has 4 aromatic carbocycles. The fraction of sp³-hybridized carbons (Fsp3) is 0.250. The maximum atomic E-state index is 4.61. The van der Waals surface area contributed by atoms with Crippen LogP contribution in [0, 0.1) is 20.8 Å². The van der Waals surface area contributed by atoms with Crippen molar-refractivity contribution in [2.45, 2.75) is 90.4 Å². The molecule has 0 N–H and O–H groups in total. The number of rotatable bonds is 11. The van der Waals surface area contributed by atoms with E-state index in [-0.39, 0.29) is 0 Å². The van der Waals surface area contributed by atoms with Crippen molar-refractivity contribution in [3.05, 3.63) is 153 Å². The fourth-order valence-corrected chi connectivity index (χ4v) is 10.7. The minimum atomic E-state index is 0.968. The summed E-state index contributed by atoms with van der Waals surface area (Å²) in [6, 6.07) is 29.0. The van der Waals surface area contributed by atoms with Crippen LogP contribution < -0.4 is 5.30 Å². The molecule has 0 saturated carbocycles. The van der Waals surface area contributed by atoms with Crippen molar-refractivity contribution in [3.8, 4) is 11.1 Å². The standard InChI is InChI=1S/C48H51PS2/c1-9-11-13-20-31(4)44(30(3)10-2)39-25-19-28-42(34(39)7)50-47-32(5)29-41(36-21-14-12-15-22-36)46(49)45(47)38-24-18-26-40(33(38)6)48-35(8)37-23-16-17-27-43(37)51-48/h9,11-12,14-17,19,21-25,27-29H,4,10,13,18,20,26,49H2,1-3,5-8H3/b11-9-,44-30+. The van der Waals surface area contributed by atoms with Crippen LogP contribution in [0.15, 0.2) is 130 Å². The molecular formula is C48H51PS2. The lowest BCUT2D eigenvalue weighted by Gasteiger charge is -2.26. The van der Waals surface area contributed by atoms with Crippen LogP contribution in [0.4, 0.5) is 0 Å². The Balaban J connectivity index is 1.52. The molecule has 0 bridgehead atoms. The first-order valence-electron chi connectivity index (χ1n) is 18.3. The Labute approximate surface area is 317 Å². The summed E-state index contributed by atoms with van der Waals surface area (Å²) < 4.78 is 1.37. The van der Waals surface area contributed by atoms with E-state index in [1.807, 2.05) is 23.1 Å². The van der Waals surface area contributed by atoms with E-state index in [9.17, 15) is 0 Å². The van der Waals surface area contributed by atoms with Gasteiger partial charge in [-0.25, -0.2) is 0 Å². The van der Waals surface area contributed by atoms with Crippen molar-refractivity contribution >= 4 is 64.4 Å². The lowest BCUT2D eigenvalue weighted by atomic mass is 9.84. The van der Waals surface area contributed by atoms with Gasteiger partial charge in [-0.05, 0) is 164 Å². The maximum Gasteiger partial charge on any atom is 0.0352 e. The largest absolute Gasteiger partial charge is 0.135 e. The Hall–Kier alpha value is -3.68. The van der Waals surface area contributed by atoms with Gasteiger partial charge in [-0.3, -0.25) is 0 Å². The maximum absolute atomic E-state index is 4.61. The lowest BCUT2D eigenvalue weighted by Crippen LogP contribution is -2.12. The molecule has 0 aliphatic heterocycles. The van der Waals surface area contributed by atoms with Crippen LogP contribution in [-0.4, -0.2) is 0 Å². The SMILES string of the molecule is C=C(CC/C=C\C)/C(=C(/C)CC)c1cccc(Sc2c(C)cc(-c3ccccc3)c(P)c2C2=CCCC(c3sc4ccccc4c3C)=C2C)c1C. The van der Waals surface area contributed by atoms with Crippen LogP contribution in [0.5, 0.6) is 0 Å². The van der Waals surface area contributed by atoms with Crippen molar-refractivity contribution in [3.63, 3.8) is 0 Å². The molecule has 0 nitrogen and oxygen atoms in total. The van der Waals surface area contributed by atoms with Gasteiger partial charge in [0.2, 0.25) is 0 Å². The summed E-state index contributed by atoms with van der Waals surface area (Å²) in [5.74, 6) is 0. The highest BCUT2D eigenvalue weighted by atomic mass is 32.2. The summed E-state index contributed by atoms with van der Waals surface area (Å²) in [4.78, 5) is 4.08. The first-order valence-corrected chi connectivity index (χ1v) is 20.5. The summed E-state index contributed by atoms with van der Waals surface area (Å²) in [5, 5.41) is 2.65. The molecule has 1 aliphatic carbocycles. The van der Waals surface area contributed by atoms with Crippen molar-refractivity contribution in [2.24, 2.45) is 0 Å². The molecular weight excluding hydrogens is 672 g/mol. The highest BCUT2D eigenvalue weighted by Crippen LogP contribution is 2.48. The van der Waals surface area contributed by atoms with Crippen LogP contribution in [0.2, 0.25) is 0 Å². The van der Waals surface area contributed by atoms with Gasteiger partial charge in [-0.1, -0.05) is 110 Å². The molecule has 1 unspecified atom stereocenters. The minimum absolute atomic E-state index is 0.968. The zero-order chi connectivity index (χ0) is 36.2. The number of hydrogen-bond donors (Lipinski definition) is 0. The predicted molar refractivity (Wildman–Crippen MR) is 234 cm³/mol. The van der Waals surface area contributed by atoms with E-state index in [0.29, 0.717) is 0 Å². The van der Waals surface area contributed by atoms with Gasteiger partial charge in [0, 0.05) is 24.9 Å². The van der Waals surface area contributed by atoms with Gasteiger partial charge < -0.3 is 0 Å². The molecule has 0 radical (unpaired) electrons. The Bertz CT molecular complexity index is 2240. The first-order chi connectivity index (χ1) is 24.7. The van der Waals surface area contributed by atoms with Crippen LogP contribution >= 0.6 is 32.3 Å². The zero-order valence-corrected chi connectivity index (χ0v) is 34.2. The highest BCUT2D eigenvalue weighted by molar-refractivity contribution is 7.99. The lowest BCUT2D eigenvalue weighted by molar-refractivity contribution is 1.00. The highest BCUT2D eigenvalue weighted by Gasteiger charge is 2.26. The fourth-order valence-electron chi connectivity index (χ4n) is 7.52. The molecule has 1 aromatic heterocycles. The second-order valence-corrected chi connectivity index (χ2v) is 16.5. The van der Waals surface area contributed by atoms with Gasteiger partial charge in [0.15, 0.2) is 0 Å². The minimum Gasteiger partial charge on any atom is -0.135 e. The molecule has 0 amide bonds. The molecule has 0 fully saturated rings. The van der Waals surface area contributed by atoms with E-state index >= 15 is 0 Å². The van der Waals surface area contributed by atoms with Crippen molar-refractivity contribution in [1.29, 1.82) is 0 Å². The molecule has 0 saturated heterocycles. The van der Waals surface area contributed by atoms with Gasteiger partial charge in [-0.2, -0.15) is 0 Å². The van der Waals surface area contributed by atoms with E-state index in [2.05, 4.69) is 161 Å². The van der Waals surface area contributed by atoms with E-state index in [4.69, 9.17) is 0 Å². The number of aryl methyl sites for hydroxylation is 2. The molecule has 1 heterocycles. The Kier molecular flexibility index (Phi) is 11.9. The van der Waals surface area contributed by atoms with E-state index < -0.39 is 0 Å². The molecule has 260 valence electrons. The molecule has 6 rings (SSSR count). The third kappa shape index (κ3) is 7.48. The van der Waals surface area contributed by atoms with Crippen molar-refractivity contribution in [1.82, 2.24) is 0 Å². The second kappa shape index (κ2) is 16.3. The number of thiophene rings is 1. The summed E-state index contributed by atoms with van der Waals surface area (Å²) in [5.41, 5.74) is 17.5. The normalized spacial score (nSPS) is 14.0. The van der Waals surface area contributed by atoms with Gasteiger partial charge in [0.05, 0.1) is 0 Å². The summed E-state index contributed by atoms with van der Waals surface area (Å²) in [6.07, 6.45) is 12.0. The van der Waals surface area contributed by atoms with Gasteiger partial charge in [0.25, 0.3) is 0 Å². The molecule has 0 spiro atoms. The quantitative estimate of drug-likeness (QED) is 0.0743. The topological polar surface area (TPSA) is 0 Å². The Morgan fingerprint density at radius 3 is 2.41 bits per heavy atom. The molecule has 51 heavy (non-hydrogen) atoms. The molecule has 1 aliphatic rings. The van der Waals surface area contributed by atoms with E-state index in [0.717, 1.165) is 32.1 Å². The van der Waals surface area contributed by atoms with Crippen LogP contribution in [0.25, 0.3) is 37.9 Å². The molecule has 5 aromatic rings. The van der Waals surface area contributed by atoms with Crippen molar-refractivity contribution in [2.75, 3.05) is 0 Å². The second-order valence-electron chi connectivity index (χ2n) is 13.8. The zero-order valence-electron chi connectivity index (χ0n) is 31.4. The van der Waals surface area contributed by atoms with E-state index in [1.165, 1.54) is 102 Å². The number of allylic oxidation sites excluding steroid dienone is 9. The smallest absolute Gasteiger partial charge is 0.0352 e. The average Bonchev–Trinajstić information content (AvgIpc) is 3.47. The third-order valence-electron chi connectivity index (χ3n) is 10.5. The van der Waals surface area contributed by atoms with Crippen LogP contribution in [0.1, 0.15) is 92.5 Å². The third-order valence-corrected chi connectivity index (χ3v) is 13.8. The Morgan fingerprint density at radius 2 is 1.69 bits per heavy atom. The van der Waals surface area contributed by atoms with Gasteiger partial charge >= 0.3 is 0 Å². The Morgan fingerprint density at radius 1 is 0.941 bits per heavy atom. The summed E-state index contributed by atoms with van der Waals surface area (Å²) in [7, 11) is 3.18. The van der Waals surface area contributed by atoms with E-state index in [1.54, 1.807) is 0 Å². The predicted octanol–water partition coefficient (Wildman–Crippen LogP) is 14.9.